The molecule has 0 aliphatic carbocycles. The van der Waals surface area contributed by atoms with E-state index in [9.17, 15) is 19.8 Å². The third-order valence-electron chi connectivity index (χ3n) is 2.08. The number of ether oxygens (including phenoxy) is 1. The standard InChI is InChI=1S/C8H14O6/c1-3-8(13,4-2)7(12)14-6(11)5(9)10/h7,12-13H,3-4H2,1-2H3,(H,9,10). The van der Waals surface area contributed by atoms with Gasteiger partial charge in [-0.1, -0.05) is 13.8 Å². The van der Waals surface area contributed by atoms with Crippen molar-refractivity contribution in [2.75, 3.05) is 0 Å². The van der Waals surface area contributed by atoms with Crippen LogP contribution in [0.5, 0.6) is 0 Å². The van der Waals surface area contributed by atoms with Crippen molar-refractivity contribution in [3.8, 4) is 0 Å². The Labute approximate surface area is 81.1 Å². The van der Waals surface area contributed by atoms with Gasteiger partial charge in [-0.3, -0.25) is 0 Å². The summed E-state index contributed by atoms with van der Waals surface area (Å²) in [5, 5.41) is 27.0. The second-order valence-corrected chi connectivity index (χ2v) is 2.87. The topological polar surface area (TPSA) is 104 Å². The Morgan fingerprint density at radius 1 is 1.36 bits per heavy atom. The van der Waals surface area contributed by atoms with E-state index in [0.717, 1.165) is 0 Å². The molecule has 82 valence electrons. The lowest BCUT2D eigenvalue weighted by atomic mass is 9.97. The van der Waals surface area contributed by atoms with Gasteiger partial charge in [0.2, 0.25) is 6.29 Å². The van der Waals surface area contributed by atoms with E-state index in [4.69, 9.17) is 5.11 Å². The van der Waals surface area contributed by atoms with Gasteiger partial charge in [0, 0.05) is 0 Å². The van der Waals surface area contributed by atoms with E-state index in [-0.39, 0.29) is 12.8 Å². The molecule has 0 saturated carbocycles. The highest BCUT2D eigenvalue weighted by Crippen LogP contribution is 2.20. The van der Waals surface area contributed by atoms with Gasteiger partial charge in [0.05, 0.1) is 0 Å². The lowest BCUT2D eigenvalue weighted by Gasteiger charge is -2.29. The maximum Gasteiger partial charge on any atom is 0.419 e. The van der Waals surface area contributed by atoms with Gasteiger partial charge in [0.25, 0.3) is 0 Å². The van der Waals surface area contributed by atoms with Gasteiger partial charge in [0.1, 0.15) is 5.60 Å². The number of hydrogen-bond donors (Lipinski definition) is 3. The summed E-state index contributed by atoms with van der Waals surface area (Å²) in [7, 11) is 0. The van der Waals surface area contributed by atoms with Crippen molar-refractivity contribution < 1.29 is 29.6 Å². The predicted molar refractivity (Wildman–Crippen MR) is 45.3 cm³/mol. The highest BCUT2D eigenvalue weighted by molar-refractivity contribution is 6.28. The van der Waals surface area contributed by atoms with Crippen LogP contribution in [0.2, 0.25) is 0 Å². The van der Waals surface area contributed by atoms with Crippen LogP contribution >= 0.6 is 0 Å². The number of esters is 1. The average molecular weight is 206 g/mol. The highest BCUT2D eigenvalue weighted by atomic mass is 16.7. The molecular weight excluding hydrogens is 192 g/mol. The van der Waals surface area contributed by atoms with Gasteiger partial charge >= 0.3 is 11.9 Å². The number of rotatable bonds is 4. The SMILES string of the molecule is CCC(O)(CC)C(O)OC(=O)C(=O)O. The van der Waals surface area contributed by atoms with Crippen molar-refractivity contribution in [1.82, 2.24) is 0 Å². The van der Waals surface area contributed by atoms with Gasteiger partial charge in [-0.2, -0.15) is 0 Å². The Balaban J connectivity index is 4.39. The molecule has 0 radical (unpaired) electrons. The van der Waals surface area contributed by atoms with Gasteiger partial charge < -0.3 is 20.1 Å². The van der Waals surface area contributed by atoms with Crippen molar-refractivity contribution in [3.63, 3.8) is 0 Å². The first-order valence-corrected chi connectivity index (χ1v) is 4.21. The maximum atomic E-state index is 10.5. The van der Waals surface area contributed by atoms with Crippen molar-refractivity contribution in [2.45, 2.75) is 38.6 Å². The zero-order chi connectivity index (χ0) is 11.4. The fraction of sp³-hybridized carbons (Fsp3) is 0.750. The first-order valence-electron chi connectivity index (χ1n) is 4.21. The molecule has 1 atom stereocenters. The minimum absolute atomic E-state index is 0.150. The number of aliphatic hydroxyl groups excluding tert-OH is 1. The molecule has 0 fully saturated rings. The number of carbonyl (C=O) groups is 2. The van der Waals surface area contributed by atoms with E-state index in [2.05, 4.69) is 4.74 Å². The van der Waals surface area contributed by atoms with E-state index in [1.165, 1.54) is 0 Å². The smallest absolute Gasteiger partial charge is 0.419 e. The Hall–Kier alpha value is -1.14. The van der Waals surface area contributed by atoms with Crippen LogP contribution in [-0.4, -0.2) is 39.1 Å². The Morgan fingerprint density at radius 2 is 1.79 bits per heavy atom. The normalized spacial score (nSPS) is 13.4. The summed E-state index contributed by atoms with van der Waals surface area (Å²) in [6.45, 7) is 3.17. The second kappa shape index (κ2) is 4.92. The molecule has 6 heteroatoms. The lowest BCUT2D eigenvalue weighted by molar-refractivity contribution is -0.219. The van der Waals surface area contributed by atoms with Crippen LogP contribution in [0.4, 0.5) is 0 Å². The van der Waals surface area contributed by atoms with Crippen LogP contribution in [0.3, 0.4) is 0 Å². The monoisotopic (exact) mass is 206 g/mol. The van der Waals surface area contributed by atoms with Crippen LogP contribution in [0.25, 0.3) is 0 Å². The van der Waals surface area contributed by atoms with Crippen LogP contribution < -0.4 is 0 Å². The predicted octanol–water partition coefficient (Wildman–Crippen LogP) is -0.516. The van der Waals surface area contributed by atoms with Crippen molar-refractivity contribution in [3.05, 3.63) is 0 Å². The molecule has 0 spiro atoms. The minimum Gasteiger partial charge on any atom is -0.473 e. The van der Waals surface area contributed by atoms with Crippen molar-refractivity contribution >= 4 is 11.9 Å². The molecule has 0 aliphatic heterocycles. The van der Waals surface area contributed by atoms with Gasteiger partial charge in [-0.25, -0.2) is 9.59 Å². The van der Waals surface area contributed by atoms with Crippen LogP contribution in [-0.2, 0) is 14.3 Å². The number of hydrogen-bond acceptors (Lipinski definition) is 5. The van der Waals surface area contributed by atoms with Gasteiger partial charge in [0.15, 0.2) is 0 Å². The first-order chi connectivity index (χ1) is 6.37. The molecule has 0 heterocycles. The Morgan fingerprint density at radius 3 is 2.07 bits per heavy atom. The molecule has 0 aromatic heterocycles. The zero-order valence-electron chi connectivity index (χ0n) is 8.06. The summed E-state index contributed by atoms with van der Waals surface area (Å²) in [5.74, 6) is -3.39. The Kier molecular flexibility index (Phi) is 4.52. The molecule has 3 N–H and O–H groups in total. The van der Waals surface area contributed by atoms with Crippen LogP contribution in [0.15, 0.2) is 0 Å². The summed E-state index contributed by atoms with van der Waals surface area (Å²) in [5.41, 5.74) is -1.59. The molecule has 0 rings (SSSR count). The third kappa shape index (κ3) is 2.97. The first kappa shape index (κ1) is 12.9. The molecule has 1 unspecified atom stereocenters. The van der Waals surface area contributed by atoms with E-state index < -0.39 is 23.8 Å². The molecule has 0 amide bonds. The number of carboxylic acid groups (broad SMARTS) is 1. The molecule has 14 heavy (non-hydrogen) atoms. The quantitative estimate of drug-likeness (QED) is 0.325. The van der Waals surface area contributed by atoms with E-state index >= 15 is 0 Å². The molecule has 0 aromatic carbocycles. The molecule has 0 bridgehead atoms. The van der Waals surface area contributed by atoms with Crippen LogP contribution in [0, 0.1) is 0 Å². The molecule has 0 saturated heterocycles. The maximum absolute atomic E-state index is 10.5. The minimum atomic E-state index is -1.82. The second-order valence-electron chi connectivity index (χ2n) is 2.87. The number of carbonyl (C=O) groups excluding carboxylic acids is 1. The zero-order valence-corrected chi connectivity index (χ0v) is 8.06. The van der Waals surface area contributed by atoms with Gasteiger partial charge in [-0.15, -0.1) is 0 Å². The fourth-order valence-corrected chi connectivity index (χ4v) is 0.861. The third-order valence-corrected chi connectivity index (χ3v) is 2.08. The summed E-state index contributed by atoms with van der Waals surface area (Å²) < 4.78 is 4.13. The van der Waals surface area contributed by atoms with E-state index in [1.54, 1.807) is 13.8 Å². The summed E-state index contributed by atoms with van der Waals surface area (Å²) in [6.07, 6.45) is -1.52. The van der Waals surface area contributed by atoms with Crippen LogP contribution in [0.1, 0.15) is 26.7 Å². The highest BCUT2D eigenvalue weighted by Gasteiger charge is 2.36. The number of carboxylic acids is 1. The molecule has 0 aromatic rings. The van der Waals surface area contributed by atoms with E-state index in [0.29, 0.717) is 0 Å². The summed E-state index contributed by atoms with van der Waals surface area (Å²) in [4.78, 5) is 20.6. The average Bonchev–Trinajstić information content (AvgIpc) is 2.16. The van der Waals surface area contributed by atoms with Gasteiger partial charge in [-0.05, 0) is 12.8 Å². The van der Waals surface area contributed by atoms with E-state index in [1.807, 2.05) is 0 Å². The Bertz CT molecular complexity index is 220. The molecule has 6 nitrogen and oxygen atoms in total. The van der Waals surface area contributed by atoms with Crippen molar-refractivity contribution in [2.24, 2.45) is 0 Å². The van der Waals surface area contributed by atoms with Crippen molar-refractivity contribution in [1.29, 1.82) is 0 Å². The lowest BCUT2D eigenvalue weighted by Crippen LogP contribution is -2.44. The number of aliphatic hydroxyl groups is 2. The molecule has 0 aliphatic rings. The largest absolute Gasteiger partial charge is 0.473 e. The fourth-order valence-electron chi connectivity index (χ4n) is 0.861. The molecular formula is C8H14O6. The summed E-state index contributed by atoms with van der Waals surface area (Å²) >= 11 is 0. The summed E-state index contributed by atoms with van der Waals surface area (Å²) in [6, 6.07) is 0. The number of aliphatic carboxylic acids is 1.